The molecule has 9 heteroatoms. The molecule has 0 unspecified atom stereocenters. The fourth-order valence-electron chi connectivity index (χ4n) is 2.50. The highest BCUT2D eigenvalue weighted by Crippen LogP contribution is 2.31. The molecule has 1 saturated heterocycles. The zero-order valence-corrected chi connectivity index (χ0v) is 13.1. The third-order valence-electron chi connectivity index (χ3n) is 4.12. The molecule has 22 heavy (non-hydrogen) atoms. The zero-order chi connectivity index (χ0) is 16.0. The lowest BCUT2D eigenvalue weighted by atomic mass is 9.93. The number of carbonyl (C=O) groups is 1. The van der Waals surface area contributed by atoms with Crippen molar-refractivity contribution in [2.24, 2.45) is 7.05 Å². The Morgan fingerprint density at radius 2 is 2.05 bits per heavy atom. The van der Waals surface area contributed by atoms with Gasteiger partial charge in [-0.2, -0.15) is 4.31 Å². The molecule has 2 aliphatic rings. The summed E-state index contributed by atoms with van der Waals surface area (Å²) < 4.78 is 42.2. The predicted molar refractivity (Wildman–Crippen MR) is 76.2 cm³/mol. The largest absolute Gasteiger partial charge is 0.351 e. The second kappa shape index (κ2) is 5.31. The van der Waals surface area contributed by atoms with E-state index in [2.05, 4.69) is 10.3 Å². The van der Waals surface area contributed by atoms with E-state index >= 15 is 0 Å². The van der Waals surface area contributed by atoms with Crippen LogP contribution in [0.5, 0.6) is 0 Å². The van der Waals surface area contributed by atoms with Gasteiger partial charge in [0.2, 0.25) is 0 Å². The molecule has 0 spiro atoms. The topological polar surface area (TPSA) is 84.3 Å². The minimum absolute atomic E-state index is 0.0203. The number of rotatable bonds is 4. The van der Waals surface area contributed by atoms with Crippen molar-refractivity contribution in [1.29, 1.82) is 0 Å². The van der Waals surface area contributed by atoms with Crippen LogP contribution in [-0.2, 0) is 21.9 Å². The van der Waals surface area contributed by atoms with Crippen molar-refractivity contribution in [3.63, 3.8) is 0 Å². The highest BCUT2D eigenvalue weighted by Gasteiger charge is 2.45. The maximum atomic E-state index is 14.7. The molecular formula is C13H19FN4O3S. The normalized spacial score (nSPS) is 22.5. The Bertz CT molecular complexity index is 675. The van der Waals surface area contributed by atoms with Crippen LogP contribution in [0.4, 0.5) is 4.39 Å². The first-order valence-electron chi connectivity index (χ1n) is 7.29. The van der Waals surface area contributed by atoms with Gasteiger partial charge in [-0.25, -0.2) is 17.8 Å². The van der Waals surface area contributed by atoms with Gasteiger partial charge >= 0.3 is 0 Å². The lowest BCUT2D eigenvalue weighted by molar-refractivity contribution is -0.135. The van der Waals surface area contributed by atoms with Crippen LogP contribution in [0, 0.1) is 0 Å². The number of nitrogens with zero attached hydrogens (tertiary/aromatic N) is 3. The average Bonchev–Trinajstić information content (AvgIpc) is 3.17. The highest BCUT2D eigenvalue weighted by molar-refractivity contribution is 7.89. The van der Waals surface area contributed by atoms with Crippen LogP contribution in [0.3, 0.4) is 0 Å². The highest BCUT2D eigenvalue weighted by atomic mass is 32.2. The van der Waals surface area contributed by atoms with Gasteiger partial charge in [-0.3, -0.25) is 4.79 Å². The van der Waals surface area contributed by atoms with Crippen molar-refractivity contribution in [3.05, 3.63) is 12.5 Å². The van der Waals surface area contributed by atoms with E-state index < -0.39 is 21.6 Å². The van der Waals surface area contributed by atoms with Gasteiger partial charge in [0.25, 0.3) is 15.9 Å². The summed E-state index contributed by atoms with van der Waals surface area (Å²) in [5, 5.41) is 2.60. The summed E-state index contributed by atoms with van der Waals surface area (Å²) in [5.74, 6) is -0.607. The number of carbonyl (C=O) groups excluding carboxylic acids is 1. The second-order valence-electron chi connectivity index (χ2n) is 5.99. The van der Waals surface area contributed by atoms with Gasteiger partial charge in [0.05, 0.1) is 6.33 Å². The van der Waals surface area contributed by atoms with Crippen molar-refractivity contribution in [3.8, 4) is 0 Å². The Balaban J connectivity index is 1.67. The molecule has 1 aromatic heterocycles. The third-order valence-corrected chi connectivity index (χ3v) is 5.90. The van der Waals surface area contributed by atoms with Gasteiger partial charge < -0.3 is 9.88 Å². The van der Waals surface area contributed by atoms with Crippen molar-refractivity contribution in [2.75, 3.05) is 13.1 Å². The van der Waals surface area contributed by atoms with Crippen LogP contribution >= 0.6 is 0 Å². The molecule has 7 nitrogen and oxygen atoms in total. The monoisotopic (exact) mass is 330 g/mol. The SMILES string of the molecule is Cn1cnc(S(=O)(=O)N2CCC(F)(C(=O)NC3CC3)CC2)c1. The van der Waals surface area contributed by atoms with E-state index in [1.807, 2.05) is 0 Å². The van der Waals surface area contributed by atoms with Crippen molar-refractivity contribution in [2.45, 2.75) is 42.4 Å². The van der Waals surface area contributed by atoms with E-state index in [9.17, 15) is 17.6 Å². The number of piperidine rings is 1. The number of hydrogen-bond donors (Lipinski definition) is 1. The lowest BCUT2D eigenvalue weighted by Crippen LogP contribution is -2.52. The Hall–Kier alpha value is -1.48. The molecule has 1 aromatic rings. The van der Waals surface area contributed by atoms with Crippen molar-refractivity contribution >= 4 is 15.9 Å². The standard InChI is InChI=1S/C13H19FN4O3S/c1-17-8-11(15-9-17)22(20,21)18-6-4-13(14,5-7-18)12(19)16-10-2-3-10/h8-10H,2-7H2,1H3,(H,16,19). The van der Waals surface area contributed by atoms with E-state index in [0.717, 1.165) is 12.8 Å². The number of imidazole rings is 1. The van der Waals surface area contributed by atoms with E-state index in [1.54, 1.807) is 11.6 Å². The van der Waals surface area contributed by atoms with E-state index in [0.29, 0.717) is 0 Å². The summed E-state index contributed by atoms with van der Waals surface area (Å²) in [6, 6.07) is 0.0930. The minimum Gasteiger partial charge on any atom is -0.351 e. The number of hydrogen-bond acceptors (Lipinski definition) is 4. The van der Waals surface area contributed by atoms with Crippen LogP contribution in [0.25, 0.3) is 0 Å². The first-order chi connectivity index (χ1) is 10.3. The number of amides is 1. The number of alkyl halides is 1. The van der Waals surface area contributed by atoms with Gasteiger partial charge in [0.15, 0.2) is 10.7 Å². The van der Waals surface area contributed by atoms with Gasteiger partial charge in [0.1, 0.15) is 0 Å². The van der Waals surface area contributed by atoms with E-state index in [-0.39, 0.29) is 37.0 Å². The summed E-state index contributed by atoms with van der Waals surface area (Å²) >= 11 is 0. The molecule has 3 rings (SSSR count). The number of aromatic nitrogens is 2. The number of aryl methyl sites for hydroxylation is 1. The molecule has 0 aromatic carbocycles. The Kier molecular flexibility index (Phi) is 3.72. The molecule has 1 aliphatic heterocycles. The van der Waals surface area contributed by atoms with Gasteiger partial charge in [-0.1, -0.05) is 0 Å². The van der Waals surface area contributed by atoms with Crippen LogP contribution in [-0.4, -0.2) is 53.0 Å². The van der Waals surface area contributed by atoms with Crippen LogP contribution < -0.4 is 5.32 Å². The molecule has 0 bridgehead atoms. The molecule has 1 saturated carbocycles. The predicted octanol–water partition coefficient (Wildman–Crippen LogP) is 0.192. The summed E-state index contributed by atoms with van der Waals surface area (Å²) in [6.45, 7) is -0.0407. The summed E-state index contributed by atoms with van der Waals surface area (Å²) in [4.78, 5) is 15.8. The smallest absolute Gasteiger partial charge is 0.262 e. The second-order valence-corrected chi connectivity index (χ2v) is 7.88. The first-order valence-corrected chi connectivity index (χ1v) is 8.73. The lowest BCUT2D eigenvalue weighted by Gasteiger charge is -2.34. The van der Waals surface area contributed by atoms with Gasteiger partial charge in [-0.05, 0) is 12.8 Å². The molecule has 122 valence electrons. The maximum absolute atomic E-state index is 14.7. The summed E-state index contributed by atoms with van der Waals surface area (Å²) in [6.07, 6.45) is 4.34. The van der Waals surface area contributed by atoms with Crippen LogP contribution in [0.1, 0.15) is 25.7 Å². The maximum Gasteiger partial charge on any atom is 0.262 e. The van der Waals surface area contributed by atoms with Crippen molar-refractivity contribution < 1.29 is 17.6 Å². The fourth-order valence-corrected chi connectivity index (χ4v) is 3.91. The first kappa shape index (κ1) is 15.4. The number of halogens is 1. The van der Waals surface area contributed by atoms with Crippen LogP contribution in [0.2, 0.25) is 0 Å². The van der Waals surface area contributed by atoms with Crippen molar-refractivity contribution in [1.82, 2.24) is 19.2 Å². The summed E-state index contributed by atoms with van der Waals surface area (Å²) in [7, 11) is -2.05. The molecule has 2 heterocycles. The number of nitrogens with one attached hydrogen (secondary N) is 1. The third kappa shape index (κ3) is 2.87. The van der Waals surface area contributed by atoms with Gasteiger partial charge in [0, 0.05) is 45.2 Å². The Morgan fingerprint density at radius 1 is 1.41 bits per heavy atom. The quantitative estimate of drug-likeness (QED) is 0.854. The molecular weight excluding hydrogens is 311 g/mol. The Morgan fingerprint density at radius 3 is 2.55 bits per heavy atom. The molecule has 1 amide bonds. The molecule has 1 aliphatic carbocycles. The van der Waals surface area contributed by atoms with Gasteiger partial charge in [-0.15, -0.1) is 0 Å². The van der Waals surface area contributed by atoms with E-state index in [4.69, 9.17) is 0 Å². The molecule has 1 N–H and O–H groups in total. The molecule has 0 radical (unpaired) electrons. The average molecular weight is 330 g/mol. The molecule has 0 atom stereocenters. The zero-order valence-electron chi connectivity index (χ0n) is 12.3. The Labute approximate surface area is 128 Å². The number of sulfonamides is 1. The van der Waals surface area contributed by atoms with E-state index in [1.165, 1.54) is 16.8 Å². The summed E-state index contributed by atoms with van der Waals surface area (Å²) in [5.41, 5.74) is -1.97. The minimum atomic E-state index is -3.72. The fraction of sp³-hybridized carbons (Fsp3) is 0.692. The molecule has 2 fully saturated rings. The van der Waals surface area contributed by atoms with Crippen LogP contribution in [0.15, 0.2) is 17.6 Å².